The Morgan fingerprint density at radius 2 is 2.15 bits per heavy atom. The lowest BCUT2D eigenvalue weighted by Gasteiger charge is -2.08. The molecule has 2 aromatic rings. The minimum atomic E-state index is 0.820. The molecule has 1 aliphatic rings. The van der Waals surface area contributed by atoms with E-state index in [2.05, 4.69) is 40.0 Å². The van der Waals surface area contributed by atoms with Gasteiger partial charge in [-0.05, 0) is 56.1 Å². The number of aromatic nitrogens is 2. The first-order chi connectivity index (χ1) is 9.92. The highest BCUT2D eigenvalue weighted by Gasteiger charge is 2.19. The highest BCUT2D eigenvalue weighted by Crippen LogP contribution is 2.18. The van der Waals surface area contributed by atoms with Gasteiger partial charge < -0.3 is 10.6 Å². The van der Waals surface area contributed by atoms with Crippen LogP contribution >= 0.6 is 0 Å². The van der Waals surface area contributed by atoms with Crippen LogP contribution in [0.4, 0.5) is 0 Å². The molecule has 0 bridgehead atoms. The van der Waals surface area contributed by atoms with Crippen molar-refractivity contribution in [1.82, 2.24) is 20.4 Å². The lowest BCUT2D eigenvalue weighted by Crippen LogP contribution is -2.23. The Kier molecular flexibility index (Phi) is 4.46. The van der Waals surface area contributed by atoms with E-state index in [-0.39, 0.29) is 0 Å². The molecule has 0 spiro atoms. The Morgan fingerprint density at radius 3 is 2.95 bits per heavy atom. The number of nitrogens with one attached hydrogen (secondary N) is 2. The van der Waals surface area contributed by atoms with E-state index in [1.807, 2.05) is 16.9 Å². The van der Waals surface area contributed by atoms with E-state index >= 15 is 0 Å². The molecule has 0 saturated heterocycles. The Hall–Kier alpha value is -1.65. The van der Waals surface area contributed by atoms with Gasteiger partial charge in [0.05, 0.1) is 5.69 Å². The summed E-state index contributed by atoms with van der Waals surface area (Å²) in [6.07, 6.45) is 7.70. The summed E-state index contributed by atoms with van der Waals surface area (Å²) < 4.78 is 1.89. The minimum Gasteiger partial charge on any atom is -0.314 e. The molecule has 4 heteroatoms. The van der Waals surface area contributed by atoms with Gasteiger partial charge in [-0.25, -0.2) is 4.68 Å². The van der Waals surface area contributed by atoms with Gasteiger partial charge in [0.2, 0.25) is 0 Å². The van der Waals surface area contributed by atoms with Crippen LogP contribution in [0.5, 0.6) is 0 Å². The maximum absolute atomic E-state index is 4.26. The molecule has 0 radical (unpaired) electrons. The average Bonchev–Trinajstić information content (AvgIpc) is 3.14. The molecule has 2 N–H and O–H groups in total. The van der Waals surface area contributed by atoms with Crippen molar-refractivity contribution in [3.05, 3.63) is 48.3 Å². The average molecular weight is 270 g/mol. The van der Waals surface area contributed by atoms with Crippen molar-refractivity contribution < 1.29 is 0 Å². The molecule has 20 heavy (non-hydrogen) atoms. The third kappa shape index (κ3) is 3.92. The van der Waals surface area contributed by atoms with Crippen molar-refractivity contribution >= 4 is 0 Å². The fraction of sp³-hybridized carbons (Fsp3) is 0.438. The van der Waals surface area contributed by atoms with E-state index in [4.69, 9.17) is 0 Å². The number of nitrogens with zero attached hydrogens (tertiary/aromatic N) is 2. The maximum Gasteiger partial charge on any atom is 0.0648 e. The van der Waals surface area contributed by atoms with Crippen LogP contribution in [0.3, 0.4) is 0 Å². The van der Waals surface area contributed by atoms with Gasteiger partial charge in [-0.1, -0.05) is 12.1 Å². The molecule has 0 amide bonds. The van der Waals surface area contributed by atoms with Gasteiger partial charge in [0.1, 0.15) is 0 Å². The number of benzene rings is 1. The number of rotatable bonds is 8. The second kappa shape index (κ2) is 6.68. The molecule has 0 atom stereocenters. The normalized spacial score (nSPS) is 14.6. The lowest BCUT2D eigenvalue weighted by atomic mass is 10.2. The van der Waals surface area contributed by atoms with Gasteiger partial charge in [0, 0.05) is 25.0 Å². The number of hydrogen-bond donors (Lipinski definition) is 2. The van der Waals surface area contributed by atoms with Gasteiger partial charge in [0.15, 0.2) is 0 Å². The van der Waals surface area contributed by atoms with E-state index < -0.39 is 0 Å². The Balaban J connectivity index is 1.41. The smallest absolute Gasteiger partial charge is 0.0648 e. The zero-order valence-corrected chi connectivity index (χ0v) is 11.8. The van der Waals surface area contributed by atoms with Crippen LogP contribution in [0.25, 0.3) is 5.69 Å². The molecule has 0 unspecified atom stereocenters. The fourth-order valence-corrected chi connectivity index (χ4v) is 2.27. The second-order valence-electron chi connectivity index (χ2n) is 5.38. The fourth-order valence-electron chi connectivity index (χ4n) is 2.27. The van der Waals surface area contributed by atoms with Gasteiger partial charge in [-0.15, -0.1) is 0 Å². The Morgan fingerprint density at radius 1 is 1.20 bits per heavy atom. The molecule has 1 saturated carbocycles. The molecule has 0 aliphatic heterocycles. The molecule has 1 fully saturated rings. The molecule has 1 aromatic heterocycles. The van der Waals surface area contributed by atoms with Crippen LogP contribution in [-0.2, 0) is 6.54 Å². The largest absolute Gasteiger partial charge is 0.314 e. The summed E-state index contributed by atoms with van der Waals surface area (Å²) in [7, 11) is 0. The monoisotopic (exact) mass is 270 g/mol. The van der Waals surface area contributed by atoms with Gasteiger partial charge >= 0.3 is 0 Å². The third-order valence-corrected chi connectivity index (χ3v) is 3.55. The van der Waals surface area contributed by atoms with Crippen LogP contribution in [0.1, 0.15) is 24.8 Å². The molecular weight excluding hydrogens is 248 g/mol. The van der Waals surface area contributed by atoms with Gasteiger partial charge in [0.25, 0.3) is 0 Å². The van der Waals surface area contributed by atoms with Gasteiger partial charge in [-0.2, -0.15) is 5.10 Å². The molecular formula is C16H22N4. The Bertz CT molecular complexity index is 517. The highest BCUT2D eigenvalue weighted by molar-refractivity contribution is 5.34. The zero-order chi connectivity index (χ0) is 13.6. The van der Waals surface area contributed by atoms with Crippen molar-refractivity contribution in [2.75, 3.05) is 13.1 Å². The number of hydrogen-bond acceptors (Lipinski definition) is 3. The maximum atomic E-state index is 4.26. The van der Waals surface area contributed by atoms with Crippen molar-refractivity contribution in [3.63, 3.8) is 0 Å². The van der Waals surface area contributed by atoms with Crippen molar-refractivity contribution in [2.24, 2.45) is 0 Å². The predicted octanol–water partition coefficient (Wildman–Crippen LogP) is 2.10. The summed E-state index contributed by atoms with van der Waals surface area (Å²) in [6.45, 7) is 3.11. The van der Waals surface area contributed by atoms with E-state index in [0.717, 1.165) is 31.4 Å². The van der Waals surface area contributed by atoms with Crippen molar-refractivity contribution in [1.29, 1.82) is 0 Å². The van der Waals surface area contributed by atoms with Crippen molar-refractivity contribution in [2.45, 2.75) is 31.8 Å². The lowest BCUT2D eigenvalue weighted by molar-refractivity contribution is 0.593. The topological polar surface area (TPSA) is 41.9 Å². The summed E-state index contributed by atoms with van der Waals surface area (Å²) in [4.78, 5) is 0. The molecule has 106 valence electrons. The molecule has 3 rings (SSSR count). The molecule has 1 aliphatic carbocycles. The summed E-state index contributed by atoms with van der Waals surface area (Å²) in [6, 6.07) is 11.3. The van der Waals surface area contributed by atoms with Crippen molar-refractivity contribution in [3.8, 4) is 5.69 Å². The quantitative estimate of drug-likeness (QED) is 0.722. The van der Waals surface area contributed by atoms with E-state index in [0.29, 0.717) is 0 Å². The molecule has 1 heterocycles. The van der Waals surface area contributed by atoms with Gasteiger partial charge in [-0.3, -0.25) is 0 Å². The first-order valence-corrected chi connectivity index (χ1v) is 7.45. The molecule has 1 aromatic carbocycles. The van der Waals surface area contributed by atoms with Crippen LogP contribution in [-0.4, -0.2) is 28.9 Å². The highest BCUT2D eigenvalue weighted by atomic mass is 15.3. The second-order valence-corrected chi connectivity index (χ2v) is 5.38. The zero-order valence-electron chi connectivity index (χ0n) is 11.8. The van der Waals surface area contributed by atoms with Crippen LogP contribution in [0.2, 0.25) is 0 Å². The Labute approximate surface area is 120 Å². The minimum absolute atomic E-state index is 0.820. The summed E-state index contributed by atoms with van der Waals surface area (Å²) in [5.41, 5.74) is 2.41. The van der Waals surface area contributed by atoms with E-state index in [1.54, 1.807) is 6.20 Å². The first-order valence-electron chi connectivity index (χ1n) is 7.45. The van der Waals surface area contributed by atoms with E-state index in [9.17, 15) is 0 Å². The SMILES string of the molecule is c1cc(CNCCCNC2CC2)cc(-n2cccn2)c1. The summed E-state index contributed by atoms with van der Waals surface area (Å²) in [5, 5.41) is 11.3. The first kappa shape index (κ1) is 13.3. The van der Waals surface area contributed by atoms with Crippen LogP contribution in [0.15, 0.2) is 42.7 Å². The van der Waals surface area contributed by atoms with E-state index in [1.165, 1.54) is 24.8 Å². The third-order valence-electron chi connectivity index (χ3n) is 3.55. The summed E-state index contributed by atoms with van der Waals surface area (Å²) in [5.74, 6) is 0. The standard InChI is InChI=1S/C16H22N4/c1-4-14(12-16(5-1)20-11-3-10-19-20)13-17-8-2-9-18-15-6-7-15/h1,3-5,10-12,15,17-18H,2,6-9,13H2. The predicted molar refractivity (Wildman–Crippen MR) is 80.9 cm³/mol. The van der Waals surface area contributed by atoms with Crippen LogP contribution < -0.4 is 10.6 Å². The molecule has 4 nitrogen and oxygen atoms in total. The summed E-state index contributed by atoms with van der Waals surface area (Å²) >= 11 is 0. The van der Waals surface area contributed by atoms with Crippen LogP contribution in [0, 0.1) is 0 Å².